The highest BCUT2D eigenvalue weighted by Gasteiger charge is 2.20. The zero-order chi connectivity index (χ0) is 41.8. The van der Waals surface area contributed by atoms with Crippen molar-refractivity contribution in [3.63, 3.8) is 0 Å². The number of hydrogen-bond donors (Lipinski definition) is 2. The Morgan fingerprint density at radius 3 is 1.56 bits per heavy atom. The lowest BCUT2D eigenvalue weighted by Crippen LogP contribution is -2.27. The number of halogens is 2. The van der Waals surface area contributed by atoms with Crippen LogP contribution in [0.15, 0.2) is 93.0 Å². The van der Waals surface area contributed by atoms with Crippen LogP contribution in [-0.4, -0.2) is 69.2 Å². The summed E-state index contributed by atoms with van der Waals surface area (Å²) in [4.78, 5) is 65.7. The first kappa shape index (κ1) is 42.1. The number of carbonyl (C=O) groups excluding carboxylic acids is 2. The number of thioether (sulfide) groups is 1. The molecule has 6 rings (SSSR count). The number of carbonyl (C=O) groups is 2. The van der Waals surface area contributed by atoms with Crippen LogP contribution in [-0.2, 0) is 20.3 Å². The zero-order valence-electron chi connectivity index (χ0n) is 32.0. The number of benzene rings is 2. The van der Waals surface area contributed by atoms with E-state index >= 15 is 0 Å². The van der Waals surface area contributed by atoms with Gasteiger partial charge >= 0.3 is 12.2 Å². The number of pyridine rings is 2. The normalized spacial score (nSPS) is 12.0. The fraction of sp³-hybridized carbons (Fsp3) is 0.263. The number of nitrogens with zero attached hydrogens (tertiary/aromatic N) is 6. The second kappa shape index (κ2) is 17.0. The highest BCUT2D eigenvalue weighted by molar-refractivity contribution is 7.98. The highest BCUT2D eigenvalue weighted by atomic mass is 32.2. The van der Waals surface area contributed by atoms with Crippen molar-refractivity contribution >= 4 is 68.2 Å². The molecule has 15 nitrogen and oxygen atoms in total. The van der Waals surface area contributed by atoms with E-state index in [2.05, 4.69) is 30.6 Å². The summed E-state index contributed by atoms with van der Waals surface area (Å²) in [6, 6.07) is 13.3. The largest absolute Gasteiger partial charge is 0.444 e. The molecule has 0 aliphatic rings. The van der Waals surface area contributed by atoms with Gasteiger partial charge < -0.3 is 9.47 Å². The van der Waals surface area contributed by atoms with Gasteiger partial charge in [-0.15, -0.1) is 0 Å². The fourth-order valence-corrected chi connectivity index (χ4v) is 5.83. The number of aromatic nitrogens is 6. The van der Waals surface area contributed by atoms with Crippen molar-refractivity contribution in [1.82, 2.24) is 29.1 Å². The van der Waals surface area contributed by atoms with Crippen molar-refractivity contribution in [2.45, 2.75) is 63.1 Å². The van der Waals surface area contributed by atoms with Crippen molar-refractivity contribution in [2.24, 2.45) is 0 Å². The third-order valence-corrected chi connectivity index (χ3v) is 8.60. The Bertz CT molecular complexity index is 2660. The minimum atomic E-state index is -1.49. The van der Waals surface area contributed by atoms with E-state index in [1.54, 1.807) is 60.1 Å². The van der Waals surface area contributed by atoms with Crippen molar-refractivity contribution in [1.29, 1.82) is 0 Å². The fourth-order valence-electron chi connectivity index (χ4n) is 5.08. The van der Waals surface area contributed by atoms with Crippen molar-refractivity contribution in [2.75, 3.05) is 23.1 Å². The number of ether oxygens (including phenoxy) is 2. The molecule has 19 heteroatoms. The molecule has 4 heterocycles. The lowest BCUT2D eigenvalue weighted by Gasteiger charge is -2.20. The molecular weight excluding hydrogens is 783 g/mol. The molecule has 2 aromatic carbocycles. The summed E-state index contributed by atoms with van der Waals surface area (Å²) in [5, 5.41) is 6.57. The van der Waals surface area contributed by atoms with Crippen molar-refractivity contribution in [3.8, 4) is 11.4 Å². The molecule has 0 bridgehead atoms. The standard InChI is InChI=1S/C19H19FN4O4S.C19H19FN4O3S/c1-19(2,3)28-18(26)22-12-6-7-13(20)14(9-12)24-15(25)8-5-11-10-21-17(29(4)27)23-16(11)24;1-19(2,3)27-18(26)22-12-6-7-13(20)14(9-12)24-15(25)8-5-11-10-21-17(28-4)23-16(11)24/h5-10H,1-4H3,(H,22,26);5-10H,1-4H3,(H,22,26). The van der Waals surface area contributed by atoms with Gasteiger partial charge in [-0.1, -0.05) is 11.8 Å². The molecule has 2 amide bonds. The molecule has 1 unspecified atom stereocenters. The third-order valence-electron chi connectivity index (χ3n) is 7.33. The Balaban J connectivity index is 0.000000218. The van der Waals surface area contributed by atoms with Crippen LogP contribution >= 0.6 is 11.8 Å². The summed E-state index contributed by atoms with van der Waals surface area (Å²) in [5.41, 5.74) is -1.64. The smallest absolute Gasteiger partial charge is 0.412 e. The molecule has 298 valence electrons. The number of amides is 2. The van der Waals surface area contributed by atoms with Crippen molar-refractivity contribution < 1.29 is 32.1 Å². The van der Waals surface area contributed by atoms with Gasteiger partial charge in [0.2, 0.25) is 5.16 Å². The van der Waals surface area contributed by atoms with Crippen LogP contribution in [0.2, 0.25) is 0 Å². The maximum atomic E-state index is 14.6. The van der Waals surface area contributed by atoms with E-state index in [4.69, 9.17) is 9.47 Å². The van der Waals surface area contributed by atoms with Gasteiger partial charge in [0.15, 0.2) is 16.5 Å². The number of rotatable bonds is 6. The molecule has 0 radical (unpaired) electrons. The van der Waals surface area contributed by atoms with Gasteiger partial charge in [0.1, 0.15) is 22.8 Å². The van der Waals surface area contributed by atoms with Crippen LogP contribution in [0, 0.1) is 11.6 Å². The average molecular weight is 821 g/mol. The van der Waals surface area contributed by atoms with Gasteiger partial charge in [-0.2, -0.15) is 0 Å². The van der Waals surface area contributed by atoms with E-state index in [1.807, 2.05) is 0 Å². The Kier molecular flexibility index (Phi) is 12.5. The molecule has 57 heavy (non-hydrogen) atoms. The summed E-state index contributed by atoms with van der Waals surface area (Å²) < 4.78 is 53.6. The lowest BCUT2D eigenvalue weighted by atomic mass is 10.2. The van der Waals surface area contributed by atoms with E-state index < -0.39 is 56.9 Å². The van der Waals surface area contributed by atoms with Crippen LogP contribution in [0.4, 0.5) is 29.7 Å². The monoisotopic (exact) mass is 820 g/mol. The number of nitrogens with one attached hydrogen (secondary N) is 2. The molecule has 0 spiro atoms. The number of fused-ring (bicyclic) bond motifs is 2. The van der Waals surface area contributed by atoms with Gasteiger partial charge in [-0.3, -0.25) is 33.6 Å². The first-order valence-electron chi connectivity index (χ1n) is 17.0. The van der Waals surface area contributed by atoms with E-state index in [9.17, 15) is 32.2 Å². The Morgan fingerprint density at radius 1 is 0.702 bits per heavy atom. The minimum absolute atomic E-state index is 0.0142. The molecule has 0 aliphatic carbocycles. The van der Waals surface area contributed by atoms with Gasteiger partial charge in [0.25, 0.3) is 11.1 Å². The Morgan fingerprint density at radius 2 is 1.14 bits per heavy atom. The second-order valence-electron chi connectivity index (χ2n) is 14.1. The van der Waals surface area contributed by atoms with E-state index in [-0.39, 0.29) is 39.2 Å². The molecule has 4 aromatic heterocycles. The predicted octanol–water partition coefficient (Wildman–Crippen LogP) is 6.99. The van der Waals surface area contributed by atoms with Gasteiger partial charge in [0, 0.05) is 52.9 Å². The average Bonchev–Trinajstić information content (AvgIpc) is 3.11. The van der Waals surface area contributed by atoms with Crippen LogP contribution in [0.5, 0.6) is 0 Å². The molecule has 1 atom stereocenters. The van der Waals surface area contributed by atoms with E-state index in [0.29, 0.717) is 15.9 Å². The number of hydrogen-bond acceptors (Lipinski definition) is 12. The minimum Gasteiger partial charge on any atom is -0.444 e. The molecule has 0 aliphatic heterocycles. The zero-order valence-corrected chi connectivity index (χ0v) is 33.7. The molecule has 0 saturated carbocycles. The van der Waals surface area contributed by atoms with Crippen LogP contribution in [0.3, 0.4) is 0 Å². The van der Waals surface area contributed by atoms with E-state index in [0.717, 1.165) is 15.2 Å². The molecular formula is C38H38F2N8O7S2. The molecule has 6 aromatic rings. The van der Waals surface area contributed by atoms with Gasteiger partial charge in [-0.05, 0) is 96.3 Å². The summed E-state index contributed by atoms with van der Waals surface area (Å²) in [6.45, 7) is 10.4. The maximum Gasteiger partial charge on any atom is 0.412 e. The Labute approximate surface area is 331 Å². The predicted molar refractivity (Wildman–Crippen MR) is 214 cm³/mol. The third kappa shape index (κ3) is 10.6. The van der Waals surface area contributed by atoms with Crippen LogP contribution in [0.1, 0.15) is 41.5 Å². The highest BCUT2D eigenvalue weighted by Crippen LogP contribution is 2.24. The summed E-state index contributed by atoms with van der Waals surface area (Å²) in [5.74, 6) is -1.33. The first-order chi connectivity index (χ1) is 26.7. The lowest BCUT2D eigenvalue weighted by molar-refractivity contribution is 0.0624. The molecule has 0 fully saturated rings. The van der Waals surface area contributed by atoms with Crippen LogP contribution < -0.4 is 21.8 Å². The molecule has 0 saturated heterocycles. The number of anilines is 2. The van der Waals surface area contributed by atoms with Gasteiger partial charge in [0.05, 0.1) is 22.2 Å². The quantitative estimate of drug-likeness (QED) is 0.130. The van der Waals surface area contributed by atoms with Crippen molar-refractivity contribution in [3.05, 3.63) is 105 Å². The topological polar surface area (TPSA) is 189 Å². The molecule has 2 N–H and O–H groups in total. The second-order valence-corrected chi connectivity index (χ2v) is 16.2. The summed E-state index contributed by atoms with van der Waals surface area (Å²) in [6.07, 6.45) is 4.80. The Hall–Kier alpha value is -6.08. The van der Waals surface area contributed by atoms with E-state index in [1.165, 1.54) is 72.7 Å². The SMILES string of the molecule is CS(=O)c1ncc2ccc(=O)n(-c3cc(NC(=O)OC(C)(C)C)ccc3F)c2n1.CSc1ncc2ccc(=O)n(-c3cc(NC(=O)OC(C)(C)C)ccc3F)c2n1. The van der Waals surface area contributed by atoms with Crippen LogP contribution in [0.25, 0.3) is 33.4 Å². The summed E-state index contributed by atoms with van der Waals surface area (Å²) in [7, 11) is -1.49. The maximum absolute atomic E-state index is 14.6. The first-order valence-corrected chi connectivity index (χ1v) is 19.8. The summed E-state index contributed by atoms with van der Waals surface area (Å²) >= 11 is 1.31. The van der Waals surface area contributed by atoms with Gasteiger partial charge in [-0.25, -0.2) is 38.3 Å².